The number of amides is 1. The van der Waals surface area contributed by atoms with Crippen molar-refractivity contribution in [3.05, 3.63) is 0 Å². The summed E-state index contributed by atoms with van der Waals surface area (Å²) in [6, 6.07) is 0. The van der Waals surface area contributed by atoms with Gasteiger partial charge in [-0.15, -0.1) is 0 Å². The maximum atomic E-state index is 10.7. The number of hydrogen-bond donors (Lipinski definition) is 2. The molecule has 14 heavy (non-hydrogen) atoms. The summed E-state index contributed by atoms with van der Waals surface area (Å²) in [5.41, 5.74) is -0.657. The van der Waals surface area contributed by atoms with Gasteiger partial charge >= 0.3 is 5.97 Å². The first-order valence-electron chi connectivity index (χ1n) is 4.84. The monoisotopic (exact) mass is 201 g/mol. The molecular weight excluding hydrogens is 182 g/mol. The number of carbonyl (C=O) groups is 2. The number of carboxylic acid groups (broad SMARTS) is 1. The van der Waals surface area contributed by atoms with Crippen LogP contribution in [-0.4, -0.2) is 23.5 Å². The first-order chi connectivity index (χ1) is 6.36. The normalized spacial score (nSPS) is 11.1. The van der Waals surface area contributed by atoms with Crippen molar-refractivity contribution >= 4 is 11.9 Å². The van der Waals surface area contributed by atoms with Crippen molar-refractivity contribution in [2.45, 2.75) is 40.0 Å². The molecule has 1 amide bonds. The summed E-state index contributed by atoms with van der Waals surface area (Å²) in [4.78, 5) is 21.2. The molecule has 0 rings (SSSR count). The molecule has 0 atom stereocenters. The molecule has 0 aromatic rings. The molecule has 0 saturated carbocycles. The van der Waals surface area contributed by atoms with Gasteiger partial charge in [0.2, 0.25) is 5.91 Å². The fraction of sp³-hybridized carbons (Fsp3) is 0.800. The van der Waals surface area contributed by atoms with Crippen molar-refractivity contribution in [2.75, 3.05) is 6.54 Å². The molecule has 0 unspecified atom stereocenters. The predicted molar refractivity (Wildman–Crippen MR) is 54.0 cm³/mol. The first-order valence-corrected chi connectivity index (χ1v) is 4.84. The highest BCUT2D eigenvalue weighted by molar-refractivity contribution is 5.73. The van der Waals surface area contributed by atoms with E-state index >= 15 is 0 Å². The third-order valence-corrected chi connectivity index (χ3v) is 2.18. The standard InChI is InChI=1S/C10H19NO3/c1-8(12)11-7-5-4-6-10(2,3)9(13)14/h4-7H2,1-3H3,(H,11,12)(H,13,14). The Balaban J connectivity index is 3.54. The molecule has 0 bridgehead atoms. The quantitative estimate of drug-likeness (QED) is 0.638. The van der Waals surface area contributed by atoms with E-state index in [0.717, 1.165) is 12.8 Å². The topological polar surface area (TPSA) is 66.4 Å². The molecule has 82 valence electrons. The van der Waals surface area contributed by atoms with Crippen LogP contribution in [0.5, 0.6) is 0 Å². The maximum Gasteiger partial charge on any atom is 0.309 e. The molecule has 0 aliphatic heterocycles. The number of carbonyl (C=O) groups excluding carboxylic acids is 1. The van der Waals surface area contributed by atoms with Crippen LogP contribution in [0.4, 0.5) is 0 Å². The second-order valence-electron chi connectivity index (χ2n) is 4.13. The lowest BCUT2D eigenvalue weighted by Gasteiger charge is -2.18. The highest BCUT2D eigenvalue weighted by Gasteiger charge is 2.25. The molecular formula is C10H19NO3. The minimum Gasteiger partial charge on any atom is -0.481 e. The van der Waals surface area contributed by atoms with Crippen LogP contribution >= 0.6 is 0 Å². The van der Waals surface area contributed by atoms with Gasteiger partial charge < -0.3 is 10.4 Å². The molecule has 0 aliphatic carbocycles. The molecule has 0 saturated heterocycles. The summed E-state index contributed by atoms with van der Waals surface area (Å²) < 4.78 is 0. The average molecular weight is 201 g/mol. The van der Waals surface area contributed by atoms with E-state index in [4.69, 9.17) is 5.11 Å². The Labute approximate surface area is 84.7 Å². The molecule has 0 fully saturated rings. The van der Waals surface area contributed by atoms with Gasteiger partial charge in [-0.1, -0.05) is 6.42 Å². The van der Waals surface area contributed by atoms with Crippen molar-refractivity contribution in [1.29, 1.82) is 0 Å². The van der Waals surface area contributed by atoms with E-state index < -0.39 is 11.4 Å². The van der Waals surface area contributed by atoms with Gasteiger partial charge in [0.25, 0.3) is 0 Å². The Morgan fingerprint density at radius 3 is 2.29 bits per heavy atom. The van der Waals surface area contributed by atoms with Crippen molar-refractivity contribution in [3.63, 3.8) is 0 Å². The highest BCUT2D eigenvalue weighted by atomic mass is 16.4. The molecule has 0 aliphatic rings. The minimum absolute atomic E-state index is 0.0394. The first kappa shape index (κ1) is 12.9. The van der Waals surface area contributed by atoms with Crippen LogP contribution in [0, 0.1) is 5.41 Å². The fourth-order valence-corrected chi connectivity index (χ4v) is 1.06. The molecule has 0 spiro atoms. The molecule has 4 nitrogen and oxygen atoms in total. The summed E-state index contributed by atoms with van der Waals surface area (Å²) in [6.07, 6.45) is 2.29. The number of unbranched alkanes of at least 4 members (excludes halogenated alkanes) is 1. The maximum absolute atomic E-state index is 10.7. The van der Waals surface area contributed by atoms with Crippen LogP contribution in [0.1, 0.15) is 40.0 Å². The predicted octanol–water partition coefficient (Wildman–Crippen LogP) is 1.40. The molecule has 0 radical (unpaired) electrons. The van der Waals surface area contributed by atoms with Gasteiger partial charge in [0, 0.05) is 13.5 Å². The Hall–Kier alpha value is -1.06. The van der Waals surface area contributed by atoms with Crippen LogP contribution < -0.4 is 5.32 Å². The lowest BCUT2D eigenvalue weighted by Crippen LogP contribution is -2.25. The zero-order valence-electron chi connectivity index (χ0n) is 9.09. The smallest absolute Gasteiger partial charge is 0.309 e. The van der Waals surface area contributed by atoms with Crippen molar-refractivity contribution < 1.29 is 14.7 Å². The van der Waals surface area contributed by atoms with E-state index in [2.05, 4.69) is 5.32 Å². The number of aliphatic carboxylic acids is 1. The Bertz CT molecular complexity index is 211. The van der Waals surface area contributed by atoms with Crippen LogP contribution in [0.15, 0.2) is 0 Å². The van der Waals surface area contributed by atoms with Gasteiger partial charge in [-0.3, -0.25) is 9.59 Å². The van der Waals surface area contributed by atoms with Crippen LogP contribution in [0.25, 0.3) is 0 Å². The molecule has 4 heteroatoms. The SMILES string of the molecule is CC(=O)NCCCCC(C)(C)C(=O)O. The van der Waals surface area contributed by atoms with Crippen LogP contribution in [-0.2, 0) is 9.59 Å². The highest BCUT2D eigenvalue weighted by Crippen LogP contribution is 2.22. The zero-order chi connectivity index (χ0) is 11.2. The van der Waals surface area contributed by atoms with E-state index in [1.54, 1.807) is 13.8 Å². The number of carboxylic acids is 1. The van der Waals surface area contributed by atoms with E-state index in [9.17, 15) is 9.59 Å². The Morgan fingerprint density at radius 2 is 1.86 bits per heavy atom. The summed E-state index contributed by atoms with van der Waals surface area (Å²) in [6.45, 7) is 5.54. The second-order valence-corrected chi connectivity index (χ2v) is 4.13. The van der Waals surface area contributed by atoms with Gasteiger partial charge in [0.1, 0.15) is 0 Å². The second kappa shape index (κ2) is 5.62. The minimum atomic E-state index is -0.767. The average Bonchev–Trinajstić information content (AvgIpc) is 2.02. The lowest BCUT2D eigenvalue weighted by molar-refractivity contribution is -0.147. The summed E-state index contributed by atoms with van der Waals surface area (Å²) in [7, 11) is 0. The van der Waals surface area contributed by atoms with E-state index in [-0.39, 0.29) is 5.91 Å². The Morgan fingerprint density at radius 1 is 1.29 bits per heavy atom. The fourth-order valence-electron chi connectivity index (χ4n) is 1.06. The number of nitrogens with one attached hydrogen (secondary N) is 1. The molecule has 2 N–H and O–H groups in total. The largest absolute Gasteiger partial charge is 0.481 e. The third-order valence-electron chi connectivity index (χ3n) is 2.18. The van der Waals surface area contributed by atoms with Crippen molar-refractivity contribution in [3.8, 4) is 0 Å². The lowest BCUT2D eigenvalue weighted by atomic mass is 9.87. The number of rotatable bonds is 6. The number of hydrogen-bond acceptors (Lipinski definition) is 2. The van der Waals surface area contributed by atoms with Crippen molar-refractivity contribution in [1.82, 2.24) is 5.32 Å². The summed E-state index contributed by atoms with van der Waals surface area (Å²) in [5, 5.41) is 11.5. The van der Waals surface area contributed by atoms with Gasteiger partial charge in [-0.05, 0) is 26.7 Å². The van der Waals surface area contributed by atoms with Crippen LogP contribution in [0.2, 0.25) is 0 Å². The summed E-state index contributed by atoms with van der Waals surface area (Å²) in [5.74, 6) is -0.806. The zero-order valence-corrected chi connectivity index (χ0v) is 9.09. The molecule has 0 aromatic carbocycles. The van der Waals surface area contributed by atoms with Gasteiger partial charge in [-0.2, -0.15) is 0 Å². The van der Waals surface area contributed by atoms with E-state index in [0.29, 0.717) is 13.0 Å². The van der Waals surface area contributed by atoms with Gasteiger partial charge in [-0.25, -0.2) is 0 Å². The third kappa shape index (κ3) is 5.56. The summed E-state index contributed by atoms with van der Waals surface area (Å²) >= 11 is 0. The Kier molecular flexibility index (Phi) is 5.20. The van der Waals surface area contributed by atoms with Gasteiger partial charge in [0.15, 0.2) is 0 Å². The molecule has 0 heterocycles. The van der Waals surface area contributed by atoms with E-state index in [1.807, 2.05) is 0 Å². The molecule has 0 aromatic heterocycles. The van der Waals surface area contributed by atoms with Crippen molar-refractivity contribution in [2.24, 2.45) is 5.41 Å². The van der Waals surface area contributed by atoms with Gasteiger partial charge in [0.05, 0.1) is 5.41 Å². The van der Waals surface area contributed by atoms with Crippen LogP contribution in [0.3, 0.4) is 0 Å². The van der Waals surface area contributed by atoms with E-state index in [1.165, 1.54) is 6.92 Å².